The summed E-state index contributed by atoms with van der Waals surface area (Å²) in [6, 6.07) is 7.34. The molecule has 3 N–H and O–H groups in total. The first-order valence-electron chi connectivity index (χ1n) is 9.38. The number of hydrogen-bond donors (Lipinski definition) is 3. The minimum absolute atomic E-state index is 0.103. The standard InChI is InChI=1S/C20H27N3O4/c1-2-10-20(19(25)23-21-13-15-4-5-15)14-27-18(22-20)16-6-8-17(9-7-16)26-12-3-11-24/h2,6-9,15,21,24H,1,3-5,10-14H2,(H,23,25)/t20-/m0/s1. The van der Waals surface area contributed by atoms with Crippen LogP contribution < -0.4 is 15.6 Å². The fourth-order valence-corrected chi connectivity index (χ4v) is 2.81. The van der Waals surface area contributed by atoms with Crippen LogP contribution in [0.3, 0.4) is 0 Å². The summed E-state index contributed by atoms with van der Waals surface area (Å²) < 4.78 is 11.3. The topological polar surface area (TPSA) is 92.2 Å². The largest absolute Gasteiger partial charge is 0.494 e. The highest BCUT2D eigenvalue weighted by Crippen LogP contribution is 2.28. The predicted molar refractivity (Wildman–Crippen MR) is 103 cm³/mol. The highest BCUT2D eigenvalue weighted by molar-refractivity contribution is 6.00. The number of carbonyl (C=O) groups is 1. The van der Waals surface area contributed by atoms with Crippen LogP contribution in [0.4, 0.5) is 0 Å². The summed E-state index contributed by atoms with van der Waals surface area (Å²) in [5, 5.41) is 8.80. The van der Waals surface area contributed by atoms with Crippen molar-refractivity contribution in [2.75, 3.05) is 26.4 Å². The van der Waals surface area contributed by atoms with E-state index >= 15 is 0 Å². The van der Waals surface area contributed by atoms with E-state index in [1.807, 2.05) is 24.3 Å². The minimum atomic E-state index is -0.996. The van der Waals surface area contributed by atoms with Crippen LogP contribution in [0, 0.1) is 5.92 Å². The zero-order chi connectivity index (χ0) is 19.1. The van der Waals surface area contributed by atoms with Gasteiger partial charge >= 0.3 is 0 Å². The normalized spacial score (nSPS) is 21.3. The van der Waals surface area contributed by atoms with E-state index in [1.165, 1.54) is 12.8 Å². The molecule has 1 amide bonds. The van der Waals surface area contributed by atoms with Crippen molar-refractivity contribution < 1.29 is 19.4 Å². The number of hydrogen-bond acceptors (Lipinski definition) is 6. The Morgan fingerprint density at radius 1 is 1.41 bits per heavy atom. The van der Waals surface area contributed by atoms with Crippen molar-refractivity contribution in [3.8, 4) is 5.75 Å². The third-order valence-corrected chi connectivity index (χ3v) is 4.63. The predicted octanol–water partition coefficient (Wildman–Crippen LogP) is 1.57. The number of ether oxygens (including phenoxy) is 2. The van der Waals surface area contributed by atoms with Crippen molar-refractivity contribution in [1.82, 2.24) is 10.9 Å². The van der Waals surface area contributed by atoms with Gasteiger partial charge in [0, 0.05) is 31.6 Å². The fraction of sp³-hybridized carbons (Fsp3) is 0.500. The van der Waals surface area contributed by atoms with E-state index in [2.05, 4.69) is 22.4 Å². The quantitative estimate of drug-likeness (QED) is 0.311. The first kappa shape index (κ1) is 19.4. The molecule has 2 aliphatic rings. The Bertz CT molecular complexity index is 685. The number of benzene rings is 1. The Labute approximate surface area is 159 Å². The maximum absolute atomic E-state index is 12.7. The van der Waals surface area contributed by atoms with Crippen molar-refractivity contribution in [2.45, 2.75) is 31.2 Å². The van der Waals surface area contributed by atoms with Gasteiger partial charge in [-0.05, 0) is 43.0 Å². The Morgan fingerprint density at radius 2 is 2.19 bits per heavy atom. The van der Waals surface area contributed by atoms with Gasteiger partial charge in [-0.2, -0.15) is 0 Å². The van der Waals surface area contributed by atoms with E-state index in [0.717, 1.165) is 12.1 Å². The second-order valence-corrected chi connectivity index (χ2v) is 6.96. The maximum atomic E-state index is 12.7. The molecule has 7 heteroatoms. The number of hydrazine groups is 1. The smallest absolute Gasteiger partial charge is 0.266 e. The molecular formula is C20H27N3O4. The van der Waals surface area contributed by atoms with E-state index in [9.17, 15) is 4.79 Å². The van der Waals surface area contributed by atoms with E-state index in [0.29, 0.717) is 37.0 Å². The molecule has 1 aliphatic carbocycles. The van der Waals surface area contributed by atoms with Gasteiger partial charge in [-0.15, -0.1) is 6.58 Å². The Kier molecular flexibility index (Phi) is 6.47. The summed E-state index contributed by atoms with van der Waals surface area (Å²) in [7, 11) is 0. The Morgan fingerprint density at radius 3 is 2.85 bits per heavy atom. The van der Waals surface area contributed by atoms with E-state index in [4.69, 9.17) is 14.6 Å². The van der Waals surface area contributed by atoms with Gasteiger partial charge in [0.15, 0.2) is 5.54 Å². The molecule has 0 saturated heterocycles. The molecule has 0 spiro atoms. The molecule has 3 rings (SSSR count). The lowest BCUT2D eigenvalue weighted by Crippen LogP contribution is -2.51. The average Bonchev–Trinajstić information content (AvgIpc) is 3.40. The number of aliphatic hydroxyl groups excluding tert-OH is 1. The van der Waals surface area contributed by atoms with Crippen LogP contribution in [0.15, 0.2) is 41.9 Å². The number of aliphatic imine (C=N–C) groups is 1. The first-order chi connectivity index (χ1) is 13.2. The van der Waals surface area contributed by atoms with Crippen LogP contribution in [0.2, 0.25) is 0 Å². The van der Waals surface area contributed by atoms with Crippen LogP contribution >= 0.6 is 0 Å². The van der Waals surface area contributed by atoms with E-state index in [1.54, 1.807) is 6.08 Å². The van der Waals surface area contributed by atoms with Gasteiger partial charge < -0.3 is 14.6 Å². The van der Waals surface area contributed by atoms with E-state index in [-0.39, 0.29) is 19.1 Å². The maximum Gasteiger partial charge on any atom is 0.266 e. The molecule has 1 atom stereocenters. The van der Waals surface area contributed by atoms with Crippen LogP contribution in [0.25, 0.3) is 0 Å². The molecule has 0 radical (unpaired) electrons. The number of nitrogens with zero attached hydrogens (tertiary/aromatic N) is 1. The van der Waals surface area contributed by atoms with Crippen LogP contribution in [0.5, 0.6) is 5.75 Å². The molecule has 1 saturated carbocycles. The van der Waals surface area contributed by atoms with Crippen molar-refractivity contribution in [2.24, 2.45) is 10.9 Å². The minimum Gasteiger partial charge on any atom is -0.494 e. The summed E-state index contributed by atoms with van der Waals surface area (Å²) >= 11 is 0. The van der Waals surface area contributed by atoms with Crippen molar-refractivity contribution in [3.05, 3.63) is 42.5 Å². The number of aliphatic hydroxyl groups is 1. The lowest BCUT2D eigenvalue weighted by molar-refractivity contribution is -0.127. The van der Waals surface area contributed by atoms with E-state index < -0.39 is 5.54 Å². The molecule has 7 nitrogen and oxygen atoms in total. The zero-order valence-electron chi connectivity index (χ0n) is 15.4. The fourth-order valence-electron chi connectivity index (χ4n) is 2.81. The molecule has 0 bridgehead atoms. The molecular weight excluding hydrogens is 346 g/mol. The van der Waals surface area contributed by atoms with Crippen LogP contribution in [0.1, 0.15) is 31.2 Å². The molecule has 1 aromatic rings. The molecule has 27 heavy (non-hydrogen) atoms. The lowest BCUT2D eigenvalue weighted by atomic mass is 9.97. The van der Waals surface area contributed by atoms with Crippen molar-refractivity contribution >= 4 is 11.8 Å². The van der Waals surface area contributed by atoms with Gasteiger partial charge in [-0.25, -0.2) is 10.4 Å². The SMILES string of the molecule is C=CC[C@@]1(C(=O)NNCC2CC2)COC(c2ccc(OCCCO)cc2)=N1. The van der Waals surface area contributed by atoms with Gasteiger partial charge in [0.25, 0.3) is 5.91 Å². The Balaban J connectivity index is 1.65. The molecule has 1 fully saturated rings. The average molecular weight is 373 g/mol. The molecule has 1 aromatic carbocycles. The van der Waals surface area contributed by atoms with Gasteiger partial charge in [-0.3, -0.25) is 10.2 Å². The van der Waals surface area contributed by atoms with Crippen molar-refractivity contribution in [1.29, 1.82) is 0 Å². The second-order valence-electron chi connectivity index (χ2n) is 6.96. The summed E-state index contributed by atoms with van der Waals surface area (Å²) in [4.78, 5) is 17.3. The third-order valence-electron chi connectivity index (χ3n) is 4.63. The molecule has 0 aromatic heterocycles. The molecule has 1 aliphatic heterocycles. The van der Waals surface area contributed by atoms with Crippen LogP contribution in [-0.4, -0.2) is 48.8 Å². The lowest BCUT2D eigenvalue weighted by Gasteiger charge is -2.21. The third kappa shape index (κ3) is 5.08. The first-order valence-corrected chi connectivity index (χ1v) is 9.38. The summed E-state index contributed by atoms with van der Waals surface area (Å²) in [6.07, 6.45) is 5.10. The molecule has 0 unspecified atom stereocenters. The van der Waals surface area contributed by atoms with Gasteiger partial charge in [-0.1, -0.05) is 6.08 Å². The monoisotopic (exact) mass is 373 g/mol. The van der Waals surface area contributed by atoms with Gasteiger partial charge in [0.1, 0.15) is 12.4 Å². The van der Waals surface area contributed by atoms with Gasteiger partial charge in [0.2, 0.25) is 5.90 Å². The summed E-state index contributed by atoms with van der Waals surface area (Å²) in [5.41, 5.74) is 5.56. The number of nitrogens with one attached hydrogen (secondary N) is 2. The van der Waals surface area contributed by atoms with Gasteiger partial charge in [0.05, 0.1) is 6.61 Å². The summed E-state index contributed by atoms with van der Waals surface area (Å²) in [5.74, 6) is 1.61. The van der Waals surface area contributed by atoms with Crippen LogP contribution in [-0.2, 0) is 9.53 Å². The number of amides is 1. The Hall–Kier alpha value is -2.38. The van der Waals surface area contributed by atoms with Crippen molar-refractivity contribution in [3.63, 3.8) is 0 Å². The number of rotatable bonds is 11. The molecule has 146 valence electrons. The number of carbonyl (C=O) groups excluding carboxylic acids is 1. The highest BCUT2D eigenvalue weighted by Gasteiger charge is 2.43. The second kappa shape index (κ2) is 9.01. The zero-order valence-corrected chi connectivity index (χ0v) is 15.4. The molecule has 1 heterocycles. The summed E-state index contributed by atoms with van der Waals surface area (Å²) in [6.45, 7) is 5.28. The highest BCUT2D eigenvalue weighted by atomic mass is 16.5.